The molecule has 10 heteroatoms. The van der Waals surface area contributed by atoms with Gasteiger partial charge in [-0.15, -0.1) is 0 Å². The molecule has 2 aromatic rings. The van der Waals surface area contributed by atoms with Crippen molar-refractivity contribution in [2.75, 3.05) is 18.5 Å². The van der Waals surface area contributed by atoms with E-state index >= 15 is 0 Å². The van der Waals surface area contributed by atoms with E-state index < -0.39 is 41.5 Å². The SMILES string of the molecule is O=C(COC(=O)COc1ccc(F)cc1)Nc1ccc(Cl)cc1[N+](=O)[O-]. The van der Waals surface area contributed by atoms with E-state index in [0.29, 0.717) is 0 Å². The molecule has 0 aliphatic heterocycles. The van der Waals surface area contributed by atoms with Crippen molar-refractivity contribution in [3.8, 4) is 5.75 Å². The minimum atomic E-state index is -0.838. The van der Waals surface area contributed by atoms with Crippen LogP contribution in [-0.4, -0.2) is 30.0 Å². The van der Waals surface area contributed by atoms with Gasteiger partial charge in [0.2, 0.25) is 0 Å². The number of carbonyl (C=O) groups excluding carboxylic acids is 2. The van der Waals surface area contributed by atoms with E-state index in [1.165, 1.54) is 24.3 Å². The van der Waals surface area contributed by atoms with E-state index in [1.54, 1.807) is 0 Å². The van der Waals surface area contributed by atoms with Gasteiger partial charge in [0.05, 0.1) is 4.92 Å². The maximum absolute atomic E-state index is 12.7. The second-order valence-corrected chi connectivity index (χ2v) is 5.31. The van der Waals surface area contributed by atoms with Crippen molar-refractivity contribution in [1.29, 1.82) is 0 Å². The van der Waals surface area contributed by atoms with E-state index in [1.807, 2.05) is 0 Å². The zero-order valence-electron chi connectivity index (χ0n) is 13.1. The second kappa shape index (κ2) is 8.77. The number of benzene rings is 2. The highest BCUT2D eigenvalue weighted by molar-refractivity contribution is 6.31. The van der Waals surface area contributed by atoms with Crippen LogP contribution in [0.2, 0.25) is 5.02 Å². The molecule has 136 valence electrons. The van der Waals surface area contributed by atoms with Crippen LogP contribution in [0.25, 0.3) is 0 Å². The first-order valence-corrected chi connectivity index (χ1v) is 7.51. The van der Waals surface area contributed by atoms with Crippen molar-refractivity contribution in [1.82, 2.24) is 0 Å². The first-order chi connectivity index (χ1) is 12.3. The Hall–Kier alpha value is -3.20. The topological polar surface area (TPSA) is 108 Å². The molecule has 2 rings (SSSR count). The summed E-state index contributed by atoms with van der Waals surface area (Å²) >= 11 is 5.67. The fourth-order valence-corrected chi connectivity index (χ4v) is 1.97. The predicted molar refractivity (Wildman–Crippen MR) is 89.6 cm³/mol. The standard InChI is InChI=1S/C16H12ClFN2O6/c17-10-1-6-13(14(7-10)20(23)24)19-15(21)8-26-16(22)9-25-12-4-2-11(18)3-5-12/h1-7H,8-9H2,(H,19,21). The van der Waals surface area contributed by atoms with Crippen LogP contribution < -0.4 is 10.1 Å². The minimum Gasteiger partial charge on any atom is -0.482 e. The van der Waals surface area contributed by atoms with E-state index in [4.69, 9.17) is 21.1 Å². The lowest BCUT2D eigenvalue weighted by atomic mass is 10.2. The van der Waals surface area contributed by atoms with Gasteiger partial charge in [0, 0.05) is 11.1 Å². The van der Waals surface area contributed by atoms with Gasteiger partial charge in [-0.2, -0.15) is 0 Å². The molecule has 0 saturated carbocycles. The molecule has 26 heavy (non-hydrogen) atoms. The zero-order chi connectivity index (χ0) is 19.1. The summed E-state index contributed by atoms with van der Waals surface area (Å²) in [7, 11) is 0. The lowest BCUT2D eigenvalue weighted by Crippen LogP contribution is -2.24. The minimum absolute atomic E-state index is 0.0805. The molecule has 1 amide bonds. The second-order valence-electron chi connectivity index (χ2n) is 4.87. The Morgan fingerprint density at radius 1 is 1.15 bits per heavy atom. The van der Waals surface area contributed by atoms with E-state index in [-0.39, 0.29) is 16.5 Å². The quantitative estimate of drug-likeness (QED) is 0.448. The summed E-state index contributed by atoms with van der Waals surface area (Å²) < 4.78 is 22.5. The molecule has 0 heterocycles. The van der Waals surface area contributed by atoms with E-state index in [9.17, 15) is 24.1 Å². The van der Waals surface area contributed by atoms with Gasteiger partial charge in [-0.05, 0) is 36.4 Å². The number of amides is 1. The van der Waals surface area contributed by atoms with Crippen LogP contribution in [-0.2, 0) is 14.3 Å². The largest absolute Gasteiger partial charge is 0.482 e. The summed E-state index contributed by atoms with van der Waals surface area (Å²) in [6, 6.07) is 8.69. The first kappa shape index (κ1) is 19.1. The van der Waals surface area contributed by atoms with E-state index in [0.717, 1.165) is 18.2 Å². The van der Waals surface area contributed by atoms with Crippen LogP contribution in [0.1, 0.15) is 0 Å². The highest BCUT2D eigenvalue weighted by atomic mass is 35.5. The maximum Gasteiger partial charge on any atom is 0.344 e. The molecule has 0 aliphatic carbocycles. The summed E-state index contributed by atoms with van der Waals surface area (Å²) in [5.74, 6) is -1.81. The number of rotatable bonds is 7. The fourth-order valence-electron chi connectivity index (χ4n) is 1.81. The summed E-state index contributed by atoms with van der Waals surface area (Å²) in [6.45, 7) is -1.15. The van der Waals surface area contributed by atoms with Crippen LogP contribution >= 0.6 is 11.6 Å². The van der Waals surface area contributed by atoms with Crippen LogP contribution in [0.4, 0.5) is 15.8 Å². The third-order valence-corrected chi connectivity index (χ3v) is 3.20. The Labute approximate surface area is 151 Å². The molecule has 0 bridgehead atoms. The number of carbonyl (C=O) groups is 2. The van der Waals surface area contributed by atoms with Crippen molar-refractivity contribution < 1.29 is 28.4 Å². The zero-order valence-corrected chi connectivity index (χ0v) is 13.9. The highest BCUT2D eigenvalue weighted by Gasteiger charge is 2.17. The Bertz CT molecular complexity index is 828. The summed E-state index contributed by atoms with van der Waals surface area (Å²) in [5.41, 5.74) is -0.472. The van der Waals surface area contributed by atoms with Crippen molar-refractivity contribution in [2.45, 2.75) is 0 Å². The Balaban J connectivity index is 1.82. The number of ether oxygens (including phenoxy) is 2. The van der Waals surface area contributed by atoms with Gasteiger partial charge in [-0.25, -0.2) is 9.18 Å². The lowest BCUT2D eigenvalue weighted by Gasteiger charge is -2.08. The molecule has 0 spiro atoms. The average molecular weight is 383 g/mol. The number of hydrogen-bond acceptors (Lipinski definition) is 6. The van der Waals surface area contributed by atoms with Gasteiger partial charge in [-0.3, -0.25) is 14.9 Å². The van der Waals surface area contributed by atoms with Crippen LogP contribution in [0.15, 0.2) is 42.5 Å². The number of esters is 1. The van der Waals surface area contributed by atoms with E-state index in [2.05, 4.69) is 5.32 Å². The first-order valence-electron chi connectivity index (χ1n) is 7.13. The molecule has 2 aromatic carbocycles. The van der Waals surface area contributed by atoms with Crippen molar-refractivity contribution in [3.63, 3.8) is 0 Å². The number of nitrogens with one attached hydrogen (secondary N) is 1. The molecular formula is C16H12ClFN2O6. The summed E-state index contributed by atoms with van der Waals surface area (Å²) in [5, 5.41) is 13.3. The van der Waals surface area contributed by atoms with Gasteiger partial charge in [0.1, 0.15) is 17.3 Å². The third kappa shape index (κ3) is 5.71. The number of halogens is 2. The van der Waals surface area contributed by atoms with Crippen molar-refractivity contribution in [2.24, 2.45) is 0 Å². The maximum atomic E-state index is 12.7. The predicted octanol–water partition coefficient (Wildman–Crippen LogP) is 2.95. The average Bonchev–Trinajstić information content (AvgIpc) is 2.61. The molecule has 0 fully saturated rings. The Kier molecular flexibility index (Phi) is 6.45. The number of anilines is 1. The van der Waals surface area contributed by atoms with Crippen LogP contribution in [0.5, 0.6) is 5.75 Å². The van der Waals surface area contributed by atoms with Gasteiger partial charge < -0.3 is 14.8 Å². The van der Waals surface area contributed by atoms with Gasteiger partial charge >= 0.3 is 5.97 Å². The number of hydrogen-bond donors (Lipinski definition) is 1. The molecule has 0 radical (unpaired) electrons. The number of nitrogens with zero attached hydrogens (tertiary/aromatic N) is 1. The molecule has 1 N–H and O–H groups in total. The molecule has 0 saturated heterocycles. The normalized spacial score (nSPS) is 10.1. The monoisotopic (exact) mass is 382 g/mol. The molecular weight excluding hydrogens is 371 g/mol. The number of nitro benzene ring substituents is 1. The molecule has 0 atom stereocenters. The number of nitro groups is 1. The lowest BCUT2D eigenvalue weighted by molar-refractivity contribution is -0.383. The highest BCUT2D eigenvalue weighted by Crippen LogP contribution is 2.27. The molecule has 0 unspecified atom stereocenters. The summed E-state index contributed by atoms with van der Waals surface area (Å²) in [6.07, 6.45) is 0. The molecule has 8 nitrogen and oxygen atoms in total. The van der Waals surface area contributed by atoms with Gasteiger partial charge in [-0.1, -0.05) is 11.6 Å². The fraction of sp³-hybridized carbons (Fsp3) is 0.125. The van der Waals surface area contributed by atoms with Crippen molar-refractivity contribution >= 4 is 34.9 Å². The Morgan fingerprint density at radius 2 is 1.85 bits per heavy atom. The van der Waals surface area contributed by atoms with Crippen LogP contribution in [0.3, 0.4) is 0 Å². The molecule has 0 aromatic heterocycles. The van der Waals surface area contributed by atoms with Gasteiger partial charge in [0.15, 0.2) is 13.2 Å². The third-order valence-electron chi connectivity index (χ3n) is 2.97. The van der Waals surface area contributed by atoms with Crippen molar-refractivity contribution in [3.05, 3.63) is 63.4 Å². The summed E-state index contributed by atoms with van der Waals surface area (Å²) in [4.78, 5) is 33.5. The van der Waals surface area contributed by atoms with Gasteiger partial charge in [0.25, 0.3) is 11.6 Å². The van der Waals surface area contributed by atoms with Crippen LogP contribution in [0, 0.1) is 15.9 Å². The molecule has 0 aliphatic rings. The smallest absolute Gasteiger partial charge is 0.344 e. The Morgan fingerprint density at radius 3 is 2.50 bits per heavy atom.